The van der Waals surface area contributed by atoms with Crippen molar-refractivity contribution < 1.29 is 33.0 Å². The number of halogens is 3. The third-order valence-corrected chi connectivity index (χ3v) is 2.31. The smallest absolute Gasteiger partial charge is 0.481 e. The van der Waals surface area contributed by atoms with Gasteiger partial charge in [-0.05, 0) is 33.0 Å². The number of aliphatic carboxylic acids is 2. The van der Waals surface area contributed by atoms with E-state index in [4.69, 9.17) is 15.0 Å². The summed E-state index contributed by atoms with van der Waals surface area (Å²) in [6, 6.07) is 0. The van der Waals surface area contributed by atoms with E-state index in [0.29, 0.717) is 0 Å². The Hall–Kier alpha value is -1.31. The Balaban J connectivity index is 0.000000325. The molecule has 2 N–H and O–H groups in total. The van der Waals surface area contributed by atoms with Gasteiger partial charge in [-0.3, -0.25) is 4.79 Å². The summed E-state index contributed by atoms with van der Waals surface area (Å²) in [5.74, 6) is -3.48. The van der Waals surface area contributed by atoms with Gasteiger partial charge in [0.15, 0.2) is 0 Å². The highest BCUT2D eigenvalue weighted by Crippen LogP contribution is 2.15. The standard InChI is InChI=1S/C7H13NO2.C2HF3O2/c1-8-4-2-6(3-5-8)7(9)10;3-2(4,5)1(6)7/h6H,2-5H2,1H3,(H,9,10);(H,6,7). The van der Waals surface area contributed by atoms with E-state index in [1.807, 2.05) is 7.05 Å². The second kappa shape index (κ2) is 6.43. The SMILES string of the molecule is CN1CCC(C(=O)O)CC1.O=C(O)C(F)(F)F. The van der Waals surface area contributed by atoms with Crippen molar-refractivity contribution in [3.63, 3.8) is 0 Å². The number of rotatable bonds is 1. The third-order valence-electron chi connectivity index (χ3n) is 2.31. The molecule has 0 aromatic heterocycles. The van der Waals surface area contributed by atoms with Gasteiger partial charge in [-0.25, -0.2) is 4.79 Å². The maximum atomic E-state index is 10.6. The minimum Gasteiger partial charge on any atom is -0.481 e. The van der Waals surface area contributed by atoms with E-state index in [0.717, 1.165) is 25.9 Å². The summed E-state index contributed by atoms with van der Waals surface area (Å²) in [5, 5.41) is 15.7. The molecule has 0 saturated carbocycles. The first-order valence-corrected chi connectivity index (χ1v) is 4.86. The number of hydrogen-bond acceptors (Lipinski definition) is 3. The first-order chi connectivity index (χ1) is 7.64. The lowest BCUT2D eigenvalue weighted by atomic mass is 9.98. The first kappa shape index (κ1) is 15.7. The molecule has 0 bridgehead atoms. The molecule has 1 fully saturated rings. The minimum absolute atomic E-state index is 0.0869. The van der Waals surface area contributed by atoms with Crippen LogP contribution in [-0.4, -0.2) is 53.4 Å². The molecule has 17 heavy (non-hydrogen) atoms. The first-order valence-electron chi connectivity index (χ1n) is 4.86. The molecule has 0 unspecified atom stereocenters. The van der Waals surface area contributed by atoms with Crippen LogP contribution >= 0.6 is 0 Å². The van der Waals surface area contributed by atoms with Crippen LogP contribution in [0.25, 0.3) is 0 Å². The molecule has 8 heteroatoms. The molecule has 1 aliphatic heterocycles. The zero-order valence-electron chi connectivity index (χ0n) is 9.20. The van der Waals surface area contributed by atoms with Crippen LogP contribution in [0.1, 0.15) is 12.8 Å². The van der Waals surface area contributed by atoms with Gasteiger partial charge >= 0.3 is 18.1 Å². The number of carboxylic acids is 2. The van der Waals surface area contributed by atoms with Crippen molar-refractivity contribution in [1.29, 1.82) is 0 Å². The van der Waals surface area contributed by atoms with Crippen LogP contribution in [0.5, 0.6) is 0 Å². The van der Waals surface area contributed by atoms with Crippen LogP contribution in [0.3, 0.4) is 0 Å². The molecular weight excluding hydrogens is 243 g/mol. The van der Waals surface area contributed by atoms with E-state index in [1.165, 1.54) is 0 Å². The van der Waals surface area contributed by atoms with Gasteiger partial charge in [-0.2, -0.15) is 13.2 Å². The summed E-state index contributed by atoms with van der Waals surface area (Å²) in [6.45, 7) is 1.86. The second-order valence-corrected chi connectivity index (χ2v) is 3.72. The average molecular weight is 257 g/mol. The van der Waals surface area contributed by atoms with Crippen molar-refractivity contribution in [2.24, 2.45) is 5.92 Å². The van der Waals surface area contributed by atoms with Crippen LogP contribution in [0.4, 0.5) is 13.2 Å². The maximum absolute atomic E-state index is 10.6. The van der Waals surface area contributed by atoms with Crippen LogP contribution in [0.2, 0.25) is 0 Å². The monoisotopic (exact) mass is 257 g/mol. The van der Waals surface area contributed by atoms with E-state index >= 15 is 0 Å². The predicted molar refractivity (Wildman–Crippen MR) is 51.5 cm³/mol. The number of alkyl halides is 3. The number of piperidine rings is 1. The zero-order chi connectivity index (χ0) is 13.6. The Morgan fingerprint density at radius 1 is 1.18 bits per heavy atom. The fraction of sp³-hybridized carbons (Fsp3) is 0.778. The molecule has 0 atom stereocenters. The highest BCUT2D eigenvalue weighted by Gasteiger charge is 2.38. The molecule has 1 heterocycles. The Kier molecular flexibility index (Phi) is 5.94. The summed E-state index contributed by atoms with van der Waals surface area (Å²) < 4.78 is 31.7. The Bertz CT molecular complexity index is 272. The van der Waals surface area contributed by atoms with Crippen molar-refractivity contribution in [2.75, 3.05) is 20.1 Å². The molecule has 0 spiro atoms. The number of nitrogens with zero attached hydrogens (tertiary/aromatic N) is 1. The predicted octanol–water partition coefficient (Wildman–Crippen LogP) is 1.05. The van der Waals surface area contributed by atoms with E-state index in [1.54, 1.807) is 0 Å². The molecule has 0 aliphatic carbocycles. The molecule has 0 amide bonds. The molecular formula is C9H14F3NO4. The summed E-state index contributed by atoms with van der Waals surface area (Å²) in [7, 11) is 2.03. The Labute approximate surface area is 95.8 Å². The molecule has 0 aromatic rings. The minimum atomic E-state index is -5.08. The largest absolute Gasteiger partial charge is 0.490 e. The van der Waals surface area contributed by atoms with Crippen LogP contribution in [-0.2, 0) is 9.59 Å². The van der Waals surface area contributed by atoms with Gasteiger partial charge in [-0.1, -0.05) is 0 Å². The van der Waals surface area contributed by atoms with Crippen LogP contribution in [0, 0.1) is 5.92 Å². The van der Waals surface area contributed by atoms with Gasteiger partial charge in [0.2, 0.25) is 0 Å². The van der Waals surface area contributed by atoms with Gasteiger partial charge in [-0.15, -0.1) is 0 Å². The van der Waals surface area contributed by atoms with Gasteiger partial charge < -0.3 is 15.1 Å². The van der Waals surface area contributed by atoms with Gasteiger partial charge in [0, 0.05) is 0 Å². The molecule has 1 saturated heterocycles. The normalized spacial score (nSPS) is 18.1. The Morgan fingerprint density at radius 2 is 1.53 bits per heavy atom. The number of carboxylic acid groups (broad SMARTS) is 2. The lowest BCUT2D eigenvalue weighted by molar-refractivity contribution is -0.192. The zero-order valence-corrected chi connectivity index (χ0v) is 9.20. The van der Waals surface area contributed by atoms with Gasteiger partial charge in [0.1, 0.15) is 0 Å². The molecule has 100 valence electrons. The van der Waals surface area contributed by atoms with Crippen LogP contribution in [0.15, 0.2) is 0 Å². The molecule has 1 rings (SSSR count). The average Bonchev–Trinajstić information content (AvgIpc) is 2.17. The van der Waals surface area contributed by atoms with Crippen molar-refractivity contribution in [2.45, 2.75) is 19.0 Å². The highest BCUT2D eigenvalue weighted by molar-refractivity contribution is 5.73. The van der Waals surface area contributed by atoms with E-state index in [9.17, 15) is 18.0 Å². The maximum Gasteiger partial charge on any atom is 0.490 e. The number of likely N-dealkylation sites (tertiary alicyclic amines) is 1. The topological polar surface area (TPSA) is 77.8 Å². The van der Waals surface area contributed by atoms with Crippen molar-refractivity contribution in [3.8, 4) is 0 Å². The van der Waals surface area contributed by atoms with Crippen molar-refractivity contribution >= 4 is 11.9 Å². The van der Waals surface area contributed by atoms with Gasteiger partial charge in [0.25, 0.3) is 0 Å². The lowest BCUT2D eigenvalue weighted by Gasteiger charge is -2.25. The number of carbonyl (C=O) groups is 2. The fourth-order valence-electron chi connectivity index (χ4n) is 1.26. The number of hydrogen-bond donors (Lipinski definition) is 2. The summed E-state index contributed by atoms with van der Waals surface area (Å²) in [6.07, 6.45) is -3.46. The highest BCUT2D eigenvalue weighted by atomic mass is 19.4. The Morgan fingerprint density at radius 3 is 1.76 bits per heavy atom. The summed E-state index contributed by atoms with van der Waals surface area (Å²) in [5.41, 5.74) is 0. The van der Waals surface area contributed by atoms with Crippen molar-refractivity contribution in [1.82, 2.24) is 4.90 Å². The van der Waals surface area contributed by atoms with Crippen molar-refractivity contribution in [3.05, 3.63) is 0 Å². The van der Waals surface area contributed by atoms with Crippen LogP contribution < -0.4 is 0 Å². The van der Waals surface area contributed by atoms with E-state index in [2.05, 4.69) is 4.90 Å². The second-order valence-electron chi connectivity index (χ2n) is 3.72. The summed E-state index contributed by atoms with van der Waals surface area (Å²) >= 11 is 0. The molecule has 0 radical (unpaired) electrons. The van der Waals surface area contributed by atoms with Gasteiger partial charge in [0.05, 0.1) is 5.92 Å². The summed E-state index contributed by atoms with van der Waals surface area (Å²) in [4.78, 5) is 21.5. The molecule has 0 aromatic carbocycles. The lowest BCUT2D eigenvalue weighted by Crippen LogP contribution is -2.33. The third kappa shape index (κ3) is 6.77. The van der Waals surface area contributed by atoms with E-state index < -0.39 is 18.1 Å². The molecule has 5 nitrogen and oxygen atoms in total. The fourth-order valence-corrected chi connectivity index (χ4v) is 1.26. The molecule has 1 aliphatic rings. The quantitative estimate of drug-likeness (QED) is 0.734. The van der Waals surface area contributed by atoms with E-state index in [-0.39, 0.29) is 5.92 Å².